The van der Waals surface area contributed by atoms with Gasteiger partial charge < -0.3 is 15.5 Å². The number of hydrogen-bond donors (Lipinski definition) is 3. The lowest BCUT2D eigenvalue weighted by Crippen LogP contribution is -2.56. The zero-order chi connectivity index (χ0) is 26.1. The van der Waals surface area contributed by atoms with Crippen molar-refractivity contribution in [2.24, 2.45) is 5.92 Å². The summed E-state index contributed by atoms with van der Waals surface area (Å²) in [6, 6.07) is 15.3. The number of aryl methyl sites for hydroxylation is 1. The van der Waals surface area contributed by atoms with E-state index in [1.807, 2.05) is 49.4 Å². The van der Waals surface area contributed by atoms with Gasteiger partial charge in [0.1, 0.15) is 6.04 Å². The molecule has 1 aromatic heterocycles. The van der Waals surface area contributed by atoms with Crippen LogP contribution >= 0.6 is 0 Å². The zero-order valence-corrected chi connectivity index (χ0v) is 20.8. The van der Waals surface area contributed by atoms with Gasteiger partial charge in [0.15, 0.2) is 0 Å². The van der Waals surface area contributed by atoms with E-state index in [-0.39, 0.29) is 17.7 Å². The Morgan fingerprint density at radius 3 is 2.41 bits per heavy atom. The van der Waals surface area contributed by atoms with Gasteiger partial charge in [0.05, 0.1) is 11.6 Å². The van der Waals surface area contributed by atoms with Crippen molar-refractivity contribution in [3.8, 4) is 11.1 Å². The van der Waals surface area contributed by atoms with Crippen LogP contribution in [0.25, 0.3) is 22.0 Å². The lowest BCUT2D eigenvalue weighted by Gasteiger charge is -2.37. The number of carbonyl (C=O) groups excluding carboxylic acids is 4. The van der Waals surface area contributed by atoms with Crippen molar-refractivity contribution in [1.82, 2.24) is 25.8 Å². The molecule has 3 aromatic rings. The number of likely N-dealkylation sites (tertiary alicyclic amines) is 1. The SMILES string of the molecule is CC(=O)N1CCC(C(NC(=O)c2ccc(-c3cc(C)nc4ccccc34)cc2)C2NC(=O)NC2=O)CC1. The number of pyridine rings is 1. The van der Waals surface area contributed by atoms with Crippen molar-refractivity contribution in [3.63, 3.8) is 0 Å². The monoisotopic (exact) mass is 499 g/mol. The first kappa shape index (κ1) is 24.4. The number of piperidine rings is 1. The van der Waals surface area contributed by atoms with E-state index in [0.717, 1.165) is 27.7 Å². The minimum Gasteiger partial charge on any atom is -0.346 e. The van der Waals surface area contributed by atoms with Crippen LogP contribution in [0.4, 0.5) is 4.79 Å². The predicted octanol–water partition coefficient (Wildman–Crippen LogP) is 2.78. The summed E-state index contributed by atoms with van der Waals surface area (Å²) in [4.78, 5) is 55.7. The summed E-state index contributed by atoms with van der Waals surface area (Å²) in [7, 11) is 0. The molecular formula is C28H29N5O4. The molecular weight excluding hydrogens is 470 g/mol. The Labute approximate surface area is 214 Å². The first-order valence-corrected chi connectivity index (χ1v) is 12.4. The van der Waals surface area contributed by atoms with Crippen LogP contribution in [-0.2, 0) is 9.59 Å². The van der Waals surface area contributed by atoms with E-state index >= 15 is 0 Å². The molecule has 0 aliphatic carbocycles. The molecule has 3 N–H and O–H groups in total. The molecule has 9 heteroatoms. The number of nitrogens with zero attached hydrogens (tertiary/aromatic N) is 2. The molecule has 2 aliphatic rings. The summed E-state index contributed by atoms with van der Waals surface area (Å²) < 4.78 is 0. The highest BCUT2D eigenvalue weighted by atomic mass is 16.2. The molecule has 190 valence electrons. The average Bonchev–Trinajstić information content (AvgIpc) is 3.24. The molecule has 0 spiro atoms. The van der Waals surface area contributed by atoms with Gasteiger partial charge in [-0.1, -0.05) is 30.3 Å². The third-order valence-electron chi connectivity index (χ3n) is 7.26. The molecule has 5 amide bonds. The van der Waals surface area contributed by atoms with Gasteiger partial charge in [-0.05, 0) is 61.1 Å². The van der Waals surface area contributed by atoms with Gasteiger partial charge in [0.2, 0.25) is 5.91 Å². The summed E-state index contributed by atoms with van der Waals surface area (Å²) in [5.41, 5.74) is 4.28. The number of amides is 5. The van der Waals surface area contributed by atoms with E-state index in [9.17, 15) is 19.2 Å². The maximum Gasteiger partial charge on any atom is 0.322 e. The number of rotatable bonds is 5. The van der Waals surface area contributed by atoms with Gasteiger partial charge >= 0.3 is 6.03 Å². The maximum atomic E-state index is 13.3. The summed E-state index contributed by atoms with van der Waals surface area (Å²) >= 11 is 0. The number of benzene rings is 2. The Bertz CT molecular complexity index is 1380. The Kier molecular flexibility index (Phi) is 6.60. The van der Waals surface area contributed by atoms with Crippen LogP contribution in [0.15, 0.2) is 54.6 Å². The van der Waals surface area contributed by atoms with Crippen molar-refractivity contribution in [1.29, 1.82) is 0 Å². The van der Waals surface area contributed by atoms with Crippen LogP contribution in [0.3, 0.4) is 0 Å². The second-order valence-electron chi connectivity index (χ2n) is 9.69. The van der Waals surface area contributed by atoms with Crippen molar-refractivity contribution in [2.75, 3.05) is 13.1 Å². The first-order chi connectivity index (χ1) is 17.8. The Morgan fingerprint density at radius 1 is 1.05 bits per heavy atom. The molecule has 0 saturated carbocycles. The molecule has 3 heterocycles. The first-order valence-electron chi connectivity index (χ1n) is 12.4. The van der Waals surface area contributed by atoms with Crippen LogP contribution in [0, 0.1) is 12.8 Å². The Morgan fingerprint density at radius 2 is 1.76 bits per heavy atom. The maximum absolute atomic E-state index is 13.3. The summed E-state index contributed by atoms with van der Waals surface area (Å²) in [5.74, 6) is -0.850. The summed E-state index contributed by atoms with van der Waals surface area (Å²) in [5, 5.41) is 8.95. The third kappa shape index (κ3) is 5.02. The topological polar surface area (TPSA) is 120 Å². The molecule has 5 rings (SSSR count). The molecule has 2 atom stereocenters. The molecule has 0 radical (unpaired) electrons. The highest BCUT2D eigenvalue weighted by Crippen LogP contribution is 2.29. The standard InChI is InChI=1S/C28H29N5O4/c1-16-15-22(21-5-3-4-6-23(21)29-16)18-7-9-20(10-8-18)26(35)30-24(25-27(36)32-28(37)31-25)19-11-13-33(14-12-19)17(2)34/h3-10,15,19,24-25H,11-14H2,1-2H3,(H,30,35)(H2,31,32,36,37). The lowest BCUT2D eigenvalue weighted by molar-refractivity contribution is -0.130. The minimum atomic E-state index is -0.865. The van der Waals surface area contributed by atoms with Crippen LogP contribution in [0.1, 0.15) is 35.8 Å². The van der Waals surface area contributed by atoms with Gasteiger partial charge in [0.25, 0.3) is 11.8 Å². The molecule has 2 aliphatic heterocycles. The zero-order valence-electron chi connectivity index (χ0n) is 20.8. The van der Waals surface area contributed by atoms with E-state index in [4.69, 9.17) is 0 Å². The highest BCUT2D eigenvalue weighted by Gasteiger charge is 2.42. The minimum absolute atomic E-state index is 0.00297. The van der Waals surface area contributed by atoms with Gasteiger partial charge in [-0.25, -0.2) is 4.79 Å². The van der Waals surface area contributed by atoms with E-state index < -0.39 is 24.0 Å². The highest BCUT2D eigenvalue weighted by molar-refractivity contribution is 6.05. The molecule has 37 heavy (non-hydrogen) atoms. The number of urea groups is 1. The predicted molar refractivity (Wildman–Crippen MR) is 139 cm³/mol. The van der Waals surface area contributed by atoms with Gasteiger partial charge in [-0.2, -0.15) is 0 Å². The molecule has 2 aromatic carbocycles. The summed E-state index contributed by atoms with van der Waals surface area (Å²) in [6.45, 7) is 4.58. The largest absolute Gasteiger partial charge is 0.346 e. The number of hydrogen-bond acceptors (Lipinski definition) is 5. The smallest absolute Gasteiger partial charge is 0.322 e. The van der Waals surface area contributed by atoms with Crippen LogP contribution in [0.5, 0.6) is 0 Å². The number of carbonyl (C=O) groups is 4. The van der Waals surface area contributed by atoms with Gasteiger partial charge in [0, 0.05) is 36.7 Å². The second kappa shape index (κ2) is 10.0. The lowest BCUT2D eigenvalue weighted by atomic mass is 9.85. The Hall–Kier alpha value is -4.27. The van der Waals surface area contributed by atoms with Gasteiger partial charge in [-0.3, -0.25) is 24.7 Å². The third-order valence-corrected chi connectivity index (χ3v) is 7.26. The molecule has 2 unspecified atom stereocenters. The molecule has 9 nitrogen and oxygen atoms in total. The normalized spacial score (nSPS) is 18.9. The van der Waals surface area contributed by atoms with Gasteiger partial charge in [-0.15, -0.1) is 0 Å². The van der Waals surface area contributed by atoms with Crippen molar-refractivity contribution >= 4 is 34.7 Å². The van der Waals surface area contributed by atoms with Crippen molar-refractivity contribution in [3.05, 3.63) is 65.9 Å². The van der Waals surface area contributed by atoms with E-state index in [1.54, 1.807) is 17.0 Å². The molecule has 2 saturated heterocycles. The second-order valence-corrected chi connectivity index (χ2v) is 9.69. The van der Waals surface area contributed by atoms with Crippen LogP contribution < -0.4 is 16.0 Å². The molecule has 0 bridgehead atoms. The van der Waals surface area contributed by atoms with E-state index in [2.05, 4.69) is 20.9 Å². The van der Waals surface area contributed by atoms with E-state index in [0.29, 0.717) is 31.5 Å². The van der Waals surface area contributed by atoms with Crippen LogP contribution in [0.2, 0.25) is 0 Å². The fourth-order valence-electron chi connectivity index (χ4n) is 5.31. The van der Waals surface area contributed by atoms with Crippen molar-refractivity contribution in [2.45, 2.75) is 38.8 Å². The molecule has 2 fully saturated rings. The number of fused-ring (bicyclic) bond motifs is 1. The number of aromatic nitrogens is 1. The summed E-state index contributed by atoms with van der Waals surface area (Å²) in [6.07, 6.45) is 1.25. The van der Waals surface area contributed by atoms with Crippen LogP contribution in [-0.4, -0.2) is 58.8 Å². The average molecular weight is 500 g/mol. The van der Waals surface area contributed by atoms with E-state index in [1.165, 1.54) is 6.92 Å². The fraction of sp³-hybridized carbons (Fsp3) is 0.321. The fourth-order valence-corrected chi connectivity index (χ4v) is 5.31. The number of para-hydroxylation sites is 1. The Balaban J connectivity index is 1.37. The number of imide groups is 1. The quantitative estimate of drug-likeness (QED) is 0.466. The van der Waals surface area contributed by atoms with Crippen molar-refractivity contribution < 1.29 is 19.2 Å². The number of nitrogens with one attached hydrogen (secondary N) is 3.